The summed E-state index contributed by atoms with van der Waals surface area (Å²) in [5, 5.41) is 9.08. The van der Waals surface area contributed by atoms with Crippen LogP contribution in [0.5, 0.6) is 0 Å². The fourth-order valence-corrected chi connectivity index (χ4v) is 3.27. The van der Waals surface area contributed by atoms with Crippen molar-refractivity contribution in [2.24, 2.45) is 16.0 Å². The van der Waals surface area contributed by atoms with Gasteiger partial charge in [0.15, 0.2) is 0 Å². The fourth-order valence-electron chi connectivity index (χ4n) is 3.27. The van der Waals surface area contributed by atoms with Crippen molar-refractivity contribution < 1.29 is 9.53 Å². The average molecular weight is 371 g/mol. The number of aliphatic imine (C=N–C) groups is 1. The van der Waals surface area contributed by atoms with Crippen LogP contribution in [0.3, 0.4) is 0 Å². The van der Waals surface area contributed by atoms with Gasteiger partial charge in [0.1, 0.15) is 12.0 Å². The predicted octanol–water partition coefficient (Wildman–Crippen LogP) is 3.81. The molecule has 7 heteroatoms. The Labute approximate surface area is 160 Å². The Kier molecular flexibility index (Phi) is 6.45. The summed E-state index contributed by atoms with van der Waals surface area (Å²) < 4.78 is 5.43. The molecular weight excluding hydrogens is 342 g/mol. The number of nitrogens with zero attached hydrogens (tertiary/aromatic N) is 3. The monoisotopic (exact) mass is 371 g/mol. The molecule has 2 heterocycles. The molecule has 0 spiro atoms. The van der Waals surface area contributed by atoms with Crippen molar-refractivity contribution in [3.05, 3.63) is 29.8 Å². The molecule has 0 aliphatic carbocycles. The molecule has 2 atom stereocenters. The van der Waals surface area contributed by atoms with Crippen LogP contribution in [0.25, 0.3) is 0 Å². The smallest absolute Gasteiger partial charge is 0.227 e. The first-order valence-electron chi connectivity index (χ1n) is 9.88. The maximum absolute atomic E-state index is 12.4. The first-order valence-corrected chi connectivity index (χ1v) is 9.88. The first kappa shape index (κ1) is 19.4. The van der Waals surface area contributed by atoms with Gasteiger partial charge in [0.05, 0.1) is 13.0 Å². The summed E-state index contributed by atoms with van der Waals surface area (Å²) in [5.74, 6) is 1.74. The Morgan fingerprint density at radius 1 is 1.33 bits per heavy atom. The number of hydrogen-bond donors (Lipinski definition) is 2. The predicted molar refractivity (Wildman–Crippen MR) is 107 cm³/mol. The Morgan fingerprint density at radius 3 is 2.74 bits per heavy atom. The number of nitrogens with one attached hydrogen (secondary N) is 2. The lowest BCUT2D eigenvalue weighted by Crippen LogP contribution is -2.30. The highest BCUT2D eigenvalue weighted by Gasteiger charge is 2.32. The summed E-state index contributed by atoms with van der Waals surface area (Å²) in [7, 11) is 0. The Morgan fingerprint density at radius 2 is 2.11 bits per heavy atom. The summed E-state index contributed by atoms with van der Waals surface area (Å²) in [6, 6.07) is 7.83. The van der Waals surface area contributed by atoms with Crippen LogP contribution in [0.15, 0.2) is 34.4 Å². The molecule has 2 unspecified atom stereocenters. The van der Waals surface area contributed by atoms with E-state index in [-0.39, 0.29) is 18.0 Å². The number of hydrogen-bond acceptors (Lipinski definition) is 6. The quantitative estimate of drug-likeness (QED) is 0.728. The molecule has 0 bridgehead atoms. The highest BCUT2D eigenvalue weighted by Crippen LogP contribution is 2.26. The van der Waals surface area contributed by atoms with E-state index in [1.165, 1.54) is 0 Å². The number of rotatable bonds is 8. The molecule has 7 nitrogen and oxygen atoms in total. The van der Waals surface area contributed by atoms with Crippen molar-refractivity contribution in [3.63, 3.8) is 0 Å². The molecule has 0 aromatic heterocycles. The Balaban J connectivity index is 1.56. The Hall–Kier alpha value is -2.41. The van der Waals surface area contributed by atoms with Gasteiger partial charge in [0.2, 0.25) is 11.8 Å². The second-order valence-corrected chi connectivity index (χ2v) is 6.85. The van der Waals surface area contributed by atoms with Crippen molar-refractivity contribution >= 4 is 23.3 Å². The molecule has 0 saturated heterocycles. The summed E-state index contributed by atoms with van der Waals surface area (Å²) in [6.07, 6.45) is 4.46. The minimum atomic E-state index is -0.162. The second kappa shape index (κ2) is 8.99. The van der Waals surface area contributed by atoms with Gasteiger partial charge in [-0.25, -0.2) is 4.99 Å². The summed E-state index contributed by atoms with van der Waals surface area (Å²) >= 11 is 0. The average Bonchev–Trinajstić information content (AvgIpc) is 3.22. The van der Waals surface area contributed by atoms with E-state index in [4.69, 9.17) is 4.74 Å². The highest BCUT2D eigenvalue weighted by atomic mass is 16.5. The van der Waals surface area contributed by atoms with E-state index in [2.05, 4.69) is 34.7 Å². The number of ether oxygens (including phenoxy) is 1. The third-order valence-electron chi connectivity index (χ3n) is 4.86. The lowest BCUT2D eigenvalue weighted by atomic mass is 9.98. The zero-order valence-corrected chi connectivity index (χ0v) is 16.4. The molecule has 27 heavy (non-hydrogen) atoms. The molecule has 146 valence electrons. The van der Waals surface area contributed by atoms with Crippen LogP contribution in [-0.4, -0.2) is 29.4 Å². The molecule has 2 N–H and O–H groups in total. The largest absolute Gasteiger partial charge is 0.480 e. The molecular formula is C20H29N5O2. The van der Waals surface area contributed by atoms with Crippen LogP contribution in [0.1, 0.15) is 64.6 Å². The van der Waals surface area contributed by atoms with Gasteiger partial charge < -0.3 is 10.1 Å². The topological polar surface area (TPSA) is 78.3 Å². The molecule has 1 aromatic rings. The van der Waals surface area contributed by atoms with E-state index in [1.807, 2.05) is 31.2 Å². The van der Waals surface area contributed by atoms with Crippen LogP contribution in [0.4, 0.5) is 5.69 Å². The Bertz CT molecular complexity index is 714. The number of amides is 1. The molecule has 1 amide bonds. The zero-order valence-electron chi connectivity index (χ0n) is 16.4. The molecule has 0 radical (unpaired) electrons. The van der Waals surface area contributed by atoms with E-state index in [9.17, 15) is 4.79 Å². The third kappa shape index (κ3) is 4.66. The lowest BCUT2D eigenvalue weighted by Gasteiger charge is -2.16. The van der Waals surface area contributed by atoms with Crippen LogP contribution in [0.2, 0.25) is 0 Å². The number of anilines is 1. The summed E-state index contributed by atoms with van der Waals surface area (Å²) in [6.45, 7) is 6.77. The van der Waals surface area contributed by atoms with Crippen molar-refractivity contribution in [3.8, 4) is 0 Å². The number of carbonyl (C=O) groups is 1. The van der Waals surface area contributed by atoms with Gasteiger partial charge in [-0.15, -0.1) is 5.10 Å². The van der Waals surface area contributed by atoms with E-state index in [1.54, 1.807) is 5.12 Å². The molecule has 1 aromatic carbocycles. The number of benzene rings is 1. The molecule has 2 aliphatic rings. The maximum atomic E-state index is 12.4. The third-order valence-corrected chi connectivity index (χ3v) is 4.86. The van der Waals surface area contributed by atoms with Crippen LogP contribution >= 0.6 is 0 Å². The number of fused-ring (bicyclic) bond motifs is 1. The second-order valence-electron chi connectivity index (χ2n) is 6.85. The minimum absolute atomic E-state index is 0.0806. The van der Waals surface area contributed by atoms with Crippen LogP contribution in [-0.2, 0) is 9.53 Å². The van der Waals surface area contributed by atoms with E-state index in [0.717, 1.165) is 42.8 Å². The van der Waals surface area contributed by atoms with E-state index in [0.29, 0.717) is 18.9 Å². The SMILES string of the molecule is CCCCC(CC)C(=O)Nc1ccc(C2N=C3CC(OCC)=NN3N2)cc1. The van der Waals surface area contributed by atoms with Crippen molar-refractivity contribution in [1.82, 2.24) is 10.5 Å². The standard InChI is InChI=1S/C20H29N5O2/c1-4-7-8-14(5-2)20(26)21-16-11-9-15(10-12-16)19-22-17-13-18(27-6-3)23-25(17)24-19/h9-12,14,19,24H,4-8,13H2,1-3H3,(H,21,26). The van der Waals surface area contributed by atoms with Crippen LogP contribution < -0.4 is 10.7 Å². The molecule has 0 saturated carbocycles. The molecule has 2 aliphatic heterocycles. The van der Waals surface area contributed by atoms with Gasteiger partial charge in [-0.2, -0.15) is 10.5 Å². The van der Waals surface area contributed by atoms with E-state index >= 15 is 0 Å². The summed E-state index contributed by atoms with van der Waals surface area (Å²) in [4.78, 5) is 17.1. The lowest BCUT2D eigenvalue weighted by molar-refractivity contribution is -0.120. The maximum Gasteiger partial charge on any atom is 0.227 e. The summed E-state index contributed by atoms with van der Waals surface area (Å²) in [5.41, 5.74) is 5.09. The zero-order chi connectivity index (χ0) is 19.2. The minimum Gasteiger partial charge on any atom is -0.480 e. The number of hydrazone groups is 1. The van der Waals surface area contributed by atoms with Crippen molar-refractivity contribution in [1.29, 1.82) is 0 Å². The van der Waals surface area contributed by atoms with Crippen LogP contribution in [0, 0.1) is 5.92 Å². The van der Waals surface area contributed by atoms with Gasteiger partial charge >= 0.3 is 0 Å². The van der Waals surface area contributed by atoms with E-state index < -0.39 is 0 Å². The van der Waals surface area contributed by atoms with Gasteiger partial charge in [0.25, 0.3) is 0 Å². The fraction of sp³-hybridized carbons (Fsp3) is 0.550. The van der Waals surface area contributed by atoms with Gasteiger partial charge in [-0.05, 0) is 37.5 Å². The molecule has 3 rings (SSSR count). The normalized spacial score (nSPS) is 19.4. The van der Waals surface area contributed by atoms with Gasteiger partial charge in [-0.1, -0.05) is 38.8 Å². The number of amidine groups is 1. The van der Waals surface area contributed by atoms with Crippen molar-refractivity contribution in [2.75, 3.05) is 11.9 Å². The number of hydrazine groups is 1. The number of carbonyl (C=O) groups excluding carboxylic acids is 1. The van der Waals surface area contributed by atoms with Gasteiger partial charge in [0, 0.05) is 11.6 Å². The highest BCUT2D eigenvalue weighted by molar-refractivity contribution is 6.04. The molecule has 0 fully saturated rings. The van der Waals surface area contributed by atoms with Crippen molar-refractivity contribution in [2.45, 2.75) is 59.0 Å². The number of unbranched alkanes of at least 4 members (excludes halogenated alkanes) is 1. The van der Waals surface area contributed by atoms with Gasteiger partial charge in [-0.3, -0.25) is 4.79 Å². The first-order chi connectivity index (χ1) is 13.1.